The van der Waals surface area contributed by atoms with E-state index in [-0.39, 0.29) is 55.3 Å². The van der Waals surface area contributed by atoms with E-state index in [0.29, 0.717) is 101 Å². The van der Waals surface area contributed by atoms with Gasteiger partial charge in [-0.25, -0.2) is 58.6 Å². The fourth-order valence-electron chi connectivity index (χ4n) is 11.4. The van der Waals surface area contributed by atoms with Crippen molar-refractivity contribution in [2.24, 2.45) is 0 Å². The van der Waals surface area contributed by atoms with Crippen LogP contribution in [0.15, 0.2) is 300 Å². The number of nitrogens with one attached hydrogen (secondary N) is 5. The zero-order valence-corrected chi connectivity index (χ0v) is 69.0. The van der Waals surface area contributed by atoms with Gasteiger partial charge in [-0.2, -0.15) is 10.5 Å². The van der Waals surface area contributed by atoms with Gasteiger partial charge in [-0.1, -0.05) is 79.9 Å². The number of nitrogens with zero attached hydrogens (tertiary/aromatic N) is 15. The standard InChI is InChI=1S/C19H17ClN4O.C19H11F2N3O2.C19H18N4O2.C19H14N4O2.C18H13N5O3.2CH4/c1-13-4-3-5-14(6-13)19(25)23-16-7-15(20)8-17(9-16)24(2)18-10-21-12-22-11-18;1-2-12-3-4-18(21)17(5-12)19(25)24-14-6-13(20)7-15(8-14)26-16-9-22-11-23-10-16;1-23(17-11-20-13-21-12-17)16-7-4-6-15(10-16)22-19(24)14-5-3-8-18(9-14)25-2;1-13-3-2-4-15(5-13)19(24)23-16-6-14(9-20)7-17(8-16)25-18-10-21-12-22-11-18;1-25-14-2-3-22-17(7-14)18(24)23-13-4-12(8-19)5-15(6-13)26-16-9-20-11-21-10-16;;/h3-12H,1-2H3,(H,23,25);1,3-11H,(H,24,25);3-13H,1-2H3,(H,22,24);2-8,10-12H,1H3,(H,23,24);2-7,9-11H,1H3,(H,23,24);2*1H4. The lowest BCUT2D eigenvalue weighted by Crippen LogP contribution is -2.14. The van der Waals surface area contributed by atoms with E-state index in [4.69, 9.17) is 41.7 Å². The lowest BCUT2D eigenvalue weighted by atomic mass is 10.1. The van der Waals surface area contributed by atoms with Crippen LogP contribution >= 0.6 is 11.6 Å². The smallest absolute Gasteiger partial charge is 0.274 e. The van der Waals surface area contributed by atoms with Crippen molar-refractivity contribution in [2.45, 2.75) is 28.7 Å². The highest BCUT2D eigenvalue weighted by Crippen LogP contribution is 2.33. The van der Waals surface area contributed by atoms with Gasteiger partial charge >= 0.3 is 0 Å². The highest BCUT2D eigenvalue weighted by molar-refractivity contribution is 6.31. The fourth-order valence-corrected chi connectivity index (χ4v) is 11.6. The predicted octanol–water partition coefficient (Wildman–Crippen LogP) is 19.5. The Morgan fingerprint density at radius 2 is 0.791 bits per heavy atom. The van der Waals surface area contributed by atoms with Gasteiger partial charge in [0.25, 0.3) is 29.5 Å². The SMILES string of the molecule is C.C.C#Cc1ccc(F)c(C(=O)Nc2cc(F)cc(Oc3cncnc3)c2)c1.COc1cccc(C(=O)Nc2cccc(N(C)c3cncnc3)c2)c1.COc1ccnc(C(=O)Nc2cc(C#N)cc(Oc3cncnc3)c2)c1.Cc1cccc(C(=O)Nc2cc(C#N)cc(Oc3cncnc3)c2)c1.Cc1cccc(C(=O)Nc2cc(Cl)cc(N(C)c3cncnc3)c2)c1. The van der Waals surface area contributed by atoms with Gasteiger partial charge in [-0.05, 0) is 147 Å². The summed E-state index contributed by atoms with van der Waals surface area (Å²) < 4.78 is 54.6. The fraction of sp³-hybridized carbons (Fsp3) is 0.0833. The Hall–Kier alpha value is -17.8. The third kappa shape index (κ3) is 28.9. The van der Waals surface area contributed by atoms with Gasteiger partial charge in [-0.3, -0.25) is 29.0 Å². The topological polar surface area (TPSA) is 387 Å². The van der Waals surface area contributed by atoms with E-state index in [0.717, 1.165) is 52.1 Å². The molecule has 6 aromatic heterocycles. The monoisotopic (exact) mass is 1750 g/mol. The zero-order chi connectivity index (χ0) is 90.0. The highest BCUT2D eigenvalue weighted by atomic mass is 35.5. The van der Waals surface area contributed by atoms with E-state index in [2.05, 4.69) is 93.4 Å². The first-order valence-electron chi connectivity index (χ1n) is 37.7. The Morgan fingerprint density at radius 3 is 1.27 bits per heavy atom. The molecule has 0 fully saturated rings. The van der Waals surface area contributed by atoms with E-state index in [1.165, 1.54) is 112 Å². The second-order valence-electron chi connectivity index (χ2n) is 26.6. The van der Waals surface area contributed by atoms with Crippen LogP contribution in [0.4, 0.5) is 60.0 Å². The number of amides is 5. The summed E-state index contributed by atoms with van der Waals surface area (Å²) in [5.41, 5.74) is 10.4. The molecule has 0 unspecified atom stereocenters. The number of rotatable bonds is 22. The van der Waals surface area contributed by atoms with E-state index < -0.39 is 23.4 Å². The van der Waals surface area contributed by atoms with E-state index in [1.807, 2.05) is 111 Å². The minimum Gasteiger partial charge on any atom is -0.497 e. The predicted molar refractivity (Wildman–Crippen MR) is 487 cm³/mol. The van der Waals surface area contributed by atoms with Gasteiger partial charge in [0.1, 0.15) is 77.7 Å². The van der Waals surface area contributed by atoms with Gasteiger partial charge in [-0.15, -0.1) is 6.42 Å². The van der Waals surface area contributed by atoms with Crippen molar-refractivity contribution >= 4 is 92.3 Å². The maximum Gasteiger partial charge on any atom is 0.274 e. The molecule has 5 N–H and O–H groups in total. The molecule has 15 rings (SSSR count). The number of hydrogen-bond acceptors (Lipinski definition) is 25. The van der Waals surface area contributed by atoms with Crippen LogP contribution in [0.5, 0.6) is 46.0 Å². The van der Waals surface area contributed by atoms with Gasteiger partial charge < -0.3 is 60.1 Å². The molecule has 0 spiro atoms. The number of hydrogen-bond donors (Lipinski definition) is 5. The number of terminal acetylenes is 1. The van der Waals surface area contributed by atoms with Crippen molar-refractivity contribution in [3.8, 4) is 70.5 Å². The summed E-state index contributed by atoms with van der Waals surface area (Å²) in [6.07, 6.45) is 29.5. The summed E-state index contributed by atoms with van der Waals surface area (Å²) >= 11 is 6.23. The van der Waals surface area contributed by atoms with Gasteiger partial charge in [0, 0.05) is 118 Å². The van der Waals surface area contributed by atoms with Crippen molar-refractivity contribution in [3.63, 3.8) is 0 Å². The van der Waals surface area contributed by atoms with Crippen LogP contribution in [0, 0.1) is 60.5 Å². The minimum absolute atomic E-state index is 0. The number of benzene rings is 9. The summed E-state index contributed by atoms with van der Waals surface area (Å²) in [6.45, 7) is 3.87. The van der Waals surface area contributed by atoms with Crippen LogP contribution < -0.4 is 60.1 Å². The number of methoxy groups -OCH3 is 2. The first kappa shape index (κ1) is 95.0. The zero-order valence-electron chi connectivity index (χ0n) is 68.3. The third-order valence-corrected chi connectivity index (χ3v) is 17.6. The van der Waals surface area contributed by atoms with Crippen LogP contribution in [0.25, 0.3) is 0 Å². The minimum atomic E-state index is -0.765. The summed E-state index contributed by atoms with van der Waals surface area (Å²) in [7, 11) is 6.88. The number of carbonyl (C=O) groups is 5. The molecule has 6 heterocycles. The molecule has 0 atom stereocenters. The number of nitriles is 2. The average molecular weight is 1750 g/mol. The molecule has 0 saturated carbocycles. The van der Waals surface area contributed by atoms with Crippen molar-refractivity contribution in [1.82, 2.24) is 54.8 Å². The Balaban J connectivity index is 0.000000181. The normalized spacial score (nSPS) is 9.91. The van der Waals surface area contributed by atoms with Crippen LogP contribution in [-0.2, 0) is 0 Å². The molecule has 5 amide bonds. The Labute approximate surface area is 746 Å². The summed E-state index contributed by atoms with van der Waals surface area (Å²) in [4.78, 5) is 109. The molecule has 9 aromatic carbocycles. The lowest BCUT2D eigenvalue weighted by Gasteiger charge is -2.20. The maximum atomic E-state index is 13.9. The Kier molecular flexibility index (Phi) is 35.0. The number of anilines is 9. The molecule has 0 aliphatic rings. The molecule has 129 heavy (non-hydrogen) atoms. The molecule has 0 radical (unpaired) electrons. The van der Waals surface area contributed by atoms with E-state index >= 15 is 0 Å². The first-order valence-corrected chi connectivity index (χ1v) is 38.1. The number of ether oxygens (including phenoxy) is 5. The van der Waals surface area contributed by atoms with Crippen molar-refractivity contribution in [2.75, 3.05) is 64.7 Å². The van der Waals surface area contributed by atoms with Crippen molar-refractivity contribution < 1.29 is 56.4 Å². The quantitative estimate of drug-likeness (QED) is 0.0393. The molecular weight excluding hydrogens is 1670 g/mol. The molecule has 15 aromatic rings. The second-order valence-corrected chi connectivity index (χ2v) is 27.1. The van der Waals surface area contributed by atoms with Crippen molar-refractivity contribution in [1.29, 1.82) is 10.5 Å². The van der Waals surface area contributed by atoms with Gasteiger partial charge in [0.2, 0.25) is 0 Å². The molecule has 30 nitrogen and oxygen atoms in total. The van der Waals surface area contributed by atoms with E-state index in [9.17, 15) is 43.3 Å². The molecule has 0 aliphatic carbocycles. The molecule has 0 aliphatic heterocycles. The van der Waals surface area contributed by atoms with Crippen LogP contribution in [0.2, 0.25) is 5.02 Å². The van der Waals surface area contributed by atoms with E-state index in [1.54, 1.807) is 117 Å². The molecule has 0 bridgehead atoms. The molecular formula is C96H81ClF2N20O10. The third-order valence-electron chi connectivity index (χ3n) is 17.4. The van der Waals surface area contributed by atoms with Gasteiger partial charge in [0.05, 0.1) is 116 Å². The number of halogens is 3. The number of aryl methyl sites for hydroxylation is 2. The highest BCUT2D eigenvalue weighted by Gasteiger charge is 2.19. The van der Waals surface area contributed by atoms with Crippen LogP contribution in [0.1, 0.15) is 94.6 Å². The summed E-state index contributed by atoms with van der Waals surface area (Å²) in [5, 5.41) is 32.6. The largest absolute Gasteiger partial charge is 0.497 e. The van der Waals surface area contributed by atoms with Crippen molar-refractivity contribution in [3.05, 3.63) is 372 Å². The molecule has 0 saturated heterocycles. The number of carbonyl (C=O) groups excluding carboxylic acids is 5. The van der Waals surface area contributed by atoms with Crippen LogP contribution in [-0.4, -0.2) is 113 Å². The van der Waals surface area contributed by atoms with Crippen LogP contribution in [0.3, 0.4) is 0 Å². The Bertz CT molecular complexity index is 6510. The average Bonchev–Trinajstić information content (AvgIpc) is 0.851. The maximum absolute atomic E-state index is 13.9. The first-order chi connectivity index (χ1) is 61.5. The summed E-state index contributed by atoms with van der Waals surface area (Å²) in [5.74, 6) is 2.31. The Morgan fingerprint density at radius 1 is 0.380 bits per heavy atom. The lowest BCUT2D eigenvalue weighted by molar-refractivity contribution is 0.101. The van der Waals surface area contributed by atoms with Gasteiger partial charge in [0.15, 0.2) is 17.2 Å². The number of pyridine rings is 1. The summed E-state index contributed by atoms with van der Waals surface area (Å²) in [6, 6.07) is 58.7. The number of aromatic nitrogens is 11. The molecule has 33 heteroatoms. The second kappa shape index (κ2) is 47.6. The molecule has 646 valence electrons.